The van der Waals surface area contributed by atoms with Crippen molar-refractivity contribution in [2.45, 2.75) is 39.2 Å². The number of hydrogen-bond acceptors (Lipinski definition) is 4. The molecule has 0 aliphatic carbocycles. The maximum absolute atomic E-state index is 5.99. The predicted molar refractivity (Wildman–Crippen MR) is 71.9 cm³/mol. The van der Waals surface area contributed by atoms with Crippen LogP contribution in [0.15, 0.2) is 24.3 Å². The van der Waals surface area contributed by atoms with E-state index in [1.165, 1.54) is 0 Å². The molecule has 0 fully saturated rings. The van der Waals surface area contributed by atoms with Gasteiger partial charge in [0.05, 0.1) is 5.54 Å². The highest BCUT2D eigenvalue weighted by Gasteiger charge is 2.25. The predicted octanol–water partition coefficient (Wildman–Crippen LogP) is 2.46. The van der Waals surface area contributed by atoms with Gasteiger partial charge in [-0.05, 0) is 42.8 Å². The summed E-state index contributed by atoms with van der Waals surface area (Å²) in [6.07, 6.45) is 2.09. The molecule has 0 bridgehead atoms. The third-order valence-electron chi connectivity index (χ3n) is 3.11. The SMILES string of the molecule is CCCC(C)(C)n1nnnc1-c1ccccc1N. The van der Waals surface area contributed by atoms with E-state index in [1.807, 2.05) is 28.9 Å². The molecule has 0 amide bonds. The van der Waals surface area contributed by atoms with Crippen molar-refractivity contribution < 1.29 is 0 Å². The smallest absolute Gasteiger partial charge is 0.184 e. The number of rotatable bonds is 4. The third-order valence-corrected chi connectivity index (χ3v) is 3.11. The van der Waals surface area contributed by atoms with E-state index in [-0.39, 0.29) is 5.54 Å². The first-order valence-electron chi connectivity index (χ1n) is 6.20. The summed E-state index contributed by atoms with van der Waals surface area (Å²) in [5.41, 5.74) is 7.45. The van der Waals surface area contributed by atoms with E-state index < -0.39 is 0 Å². The van der Waals surface area contributed by atoms with Crippen LogP contribution in [0, 0.1) is 0 Å². The number of anilines is 1. The Morgan fingerprint density at radius 2 is 2.00 bits per heavy atom. The third kappa shape index (κ3) is 2.20. The number of hydrogen-bond donors (Lipinski definition) is 1. The van der Waals surface area contributed by atoms with Crippen LogP contribution in [0.25, 0.3) is 11.4 Å². The molecule has 96 valence electrons. The fourth-order valence-electron chi connectivity index (χ4n) is 2.18. The molecule has 0 aliphatic rings. The molecule has 2 N–H and O–H groups in total. The first-order chi connectivity index (χ1) is 8.56. The normalized spacial score (nSPS) is 11.7. The zero-order chi connectivity index (χ0) is 13.2. The van der Waals surface area contributed by atoms with E-state index in [1.54, 1.807) is 0 Å². The standard InChI is InChI=1S/C13H19N5/c1-4-9-13(2,3)18-12(15-16-17-18)10-7-5-6-8-11(10)14/h5-8H,4,9,14H2,1-3H3. The average Bonchev–Trinajstić information content (AvgIpc) is 2.79. The van der Waals surface area contributed by atoms with E-state index >= 15 is 0 Å². The summed E-state index contributed by atoms with van der Waals surface area (Å²) in [6.45, 7) is 6.42. The van der Waals surface area contributed by atoms with Gasteiger partial charge >= 0.3 is 0 Å². The van der Waals surface area contributed by atoms with Crippen LogP contribution in [-0.2, 0) is 5.54 Å². The van der Waals surface area contributed by atoms with Crippen molar-refractivity contribution >= 4 is 5.69 Å². The highest BCUT2D eigenvalue weighted by molar-refractivity contribution is 5.71. The second-order valence-corrected chi connectivity index (χ2v) is 5.06. The summed E-state index contributed by atoms with van der Waals surface area (Å²) < 4.78 is 1.86. The van der Waals surface area contributed by atoms with Crippen LogP contribution >= 0.6 is 0 Å². The largest absolute Gasteiger partial charge is 0.398 e. The summed E-state index contributed by atoms with van der Waals surface area (Å²) >= 11 is 0. The van der Waals surface area contributed by atoms with Gasteiger partial charge in [-0.2, -0.15) is 0 Å². The van der Waals surface area contributed by atoms with Crippen molar-refractivity contribution in [3.63, 3.8) is 0 Å². The molecule has 0 aliphatic heterocycles. The number of benzene rings is 1. The minimum atomic E-state index is -0.115. The van der Waals surface area contributed by atoms with Gasteiger partial charge in [0.25, 0.3) is 0 Å². The fraction of sp³-hybridized carbons (Fsp3) is 0.462. The van der Waals surface area contributed by atoms with Crippen LogP contribution in [0.3, 0.4) is 0 Å². The zero-order valence-electron chi connectivity index (χ0n) is 11.1. The number of tetrazole rings is 1. The van der Waals surface area contributed by atoms with Crippen LogP contribution in [0.4, 0.5) is 5.69 Å². The number of nitrogens with two attached hydrogens (primary N) is 1. The zero-order valence-corrected chi connectivity index (χ0v) is 11.1. The Morgan fingerprint density at radius 1 is 1.28 bits per heavy atom. The van der Waals surface area contributed by atoms with Crippen LogP contribution in [0.2, 0.25) is 0 Å². The Hall–Kier alpha value is -1.91. The minimum Gasteiger partial charge on any atom is -0.398 e. The van der Waals surface area contributed by atoms with Crippen molar-refractivity contribution in [3.05, 3.63) is 24.3 Å². The number of aromatic nitrogens is 4. The molecule has 2 rings (SSSR count). The highest BCUT2D eigenvalue weighted by atomic mass is 15.6. The molecule has 5 heteroatoms. The highest BCUT2D eigenvalue weighted by Crippen LogP contribution is 2.29. The van der Waals surface area contributed by atoms with E-state index in [0.717, 1.165) is 24.2 Å². The topological polar surface area (TPSA) is 69.6 Å². The van der Waals surface area contributed by atoms with Gasteiger partial charge < -0.3 is 5.73 Å². The quantitative estimate of drug-likeness (QED) is 0.840. The number of nitrogens with zero attached hydrogens (tertiary/aromatic N) is 4. The van der Waals surface area contributed by atoms with E-state index in [4.69, 9.17) is 5.73 Å². The molecule has 18 heavy (non-hydrogen) atoms. The lowest BCUT2D eigenvalue weighted by molar-refractivity contribution is 0.290. The Morgan fingerprint density at radius 3 is 2.67 bits per heavy atom. The Bertz CT molecular complexity index is 530. The summed E-state index contributed by atoms with van der Waals surface area (Å²) in [5.74, 6) is 0.728. The molecule has 5 nitrogen and oxygen atoms in total. The van der Waals surface area contributed by atoms with Gasteiger partial charge in [-0.15, -0.1) is 5.10 Å². The van der Waals surface area contributed by atoms with Gasteiger partial charge in [0.2, 0.25) is 0 Å². The first kappa shape index (κ1) is 12.5. The molecule has 1 heterocycles. The van der Waals surface area contributed by atoms with Crippen molar-refractivity contribution in [1.29, 1.82) is 0 Å². The summed E-state index contributed by atoms with van der Waals surface area (Å²) in [6, 6.07) is 7.66. The molecular weight excluding hydrogens is 226 g/mol. The lowest BCUT2D eigenvalue weighted by atomic mass is 9.98. The maximum Gasteiger partial charge on any atom is 0.184 e. The lowest BCUT2D eigenvalue weighted by Crippen LogP contribution is -2.28. The molecule has 1 aromatic heterocycles. The molecular formula is C13H19N5. The van der Waals surface area contributed by atoms with Gasteiger partial charge in [-0.25, -0.2) is 4.68 Å². The van der Waals surface area contributed by atoms with Crippen molar-refractivity contribution in [1.82, 2.24) is 20.2 Å². The summed E-state index contributed by atoms with van der Waals surface area (Å²) in [5, 5.41) is 12.0. The Labute approximate surface area is 107 Å². The van der Waals surface area contributed by atoms with Crippen LogP contribution in [0.1, 0.15) is 33.6 Å². The molecule has 0 unspecified atom stereocenters. The van der Waals surface area contributed by atoms with Gasteiger partial charge in [0.15, 0.2) is 5.82 Å². The van der Waals surface area contributed by atoms with Crippen molar-refractivity contribution in [2.75, 3.05) is 5.73 Å². The van der Waals surface area contributed by atoms with Crippen LogP contribution < -0.4 is 5.73 Å². The average molecular weight is 245 g/mol. The van der Waals surface area contributed by atoms with Crippen molar-refractivity contribution in [3.8, 4) is 11.4 Å². The Kier molecular flexibility index (Phi) is 3.32. The second-order valence-electron chi connectivity index (χ2n) is 5.06. The number of para-hydroxylation sites is 1. The molecule has 0 saturated heterocycles. The molecule has 2 aromatic rings. The van der Waals surface area contributed by atoms with E-state index in [2.05, 4.69) is 36.3 Å². The molecule has 0 atom stereocenters. The van der Waals surface area contributed by atoms with Gasteiger partial charge in [0, 0.05) is 11.3 Å². The van der Waals surface area contributed by atoms with Crippen LogP contribution in [0.5, 0.6) is 0 Å². The maximum atomic E-state index is 5.99. The molecule has 0 saturated carbocycles. The van der Waals surface area contributed by atoms with E-state index in [0.29, 0.717) is 5.69 Å². The molecule has 0 spiro atoms. The lowest BCUT2D eigenvalue weighted by Gasteiger charge is -2.25. The molecule has 0 radical (unpaired) electrons. The van der Waals surface area contributed by atoms with Gasteiger partial charge in [-0.1, -0.05) is 25.5 Å². The number of nitrogen functional groups attached to an aromatic ring is 1. The first-order valence-corrected chi connectivity index (χ1v) is 6.20. The Balaban J connectivity index is 2.49. The van der Waals surface area contributed by atoms with Gasteiger partial charge in [0.1, 0.15) is 0 Å². The fourth-order valence-corrected chi connectivity index (χ4v) is 2.18. The van der Waals surface area contributed by atoms with E-state index in [9.17, 15) is 0 Å². The molecule has 1 aromatic carbocycles. The summed E-state index contributed by atoms with van der Waals surface area (Å²) in [4.78, 5) is 0. The second kappa shape index (κ2) is 4.76. The van der Waals surface area contributed by atoms with Crippen molar-refractivity contribution in [2.24, 2.45) is 0 Å². The van der Waals surface area contributed by atoms with Gasteiger partial charge in [-0.3, -0.25) is 0 Å². The minimum absolute atomic E-state index is 0.115. The summed E-state index contributed by atoms with van der Waals surface area (Å²) in [7, 11) is 0. The monoisotopic (exact) mass is 245 g/mol. The van der Waals surface area contributed by atoms with Crippen LogP contribution in [-0.4, -0.2) is 20.2 Å².